The third-order valence-corrected chi connectivity index (χ3v) is 1.26. The zero-order valence-electron chi connectivity index (χ0n) is 6.20. The van der Waals surface area contributed by atoms with E-state index in [4.69, 9.17) is 4.84 Å². The summed E-state index contributed by atoms with van der Waals surface area (Å²) in [6, 6.07) is 7.01. The smallest absolute Gasteiger partial charge is 0.157 e. The van der Waals surface area contributed by atoms with Gasteiger partial charge < -0.3 is 4.84 Å². The summed E-state index contributed by atoms with van der Waals surface area (Å²) in [5.74, 6) is 0.546. The first-order valence-corrected chi connectivity index (χ1v) is 3.26. The Morgan fingerprint density at radius 1 is 1.45 bits per heavy atom. The Kier molecular flexibility index (Phi) is 2.63. The molecule has 3 nitrogen and oxygen atoms in total. The van der Waals surface area contributed by atoms with E-state index in [1.165, 1.54) is 0 Å². The average molecular weight is 151 g/mol. The number of carbonyl (C=O) groups excluding carboxylic acids is 1. The minimum atomic E-state index is 0.543. The minimum absolute atomic E-state index is 0.543. The topological polar surface area (TPSA) is 38.3 Å². The molecule has 0 aromatic heterocycles. The van der Waals surface area contributed by atoms with E-state index in [1.807, 2.05) is 0 Å². The zero-order chi connectivity index (χ0) is 8.10. The highest BCUT2D eigenvalue weighted by molar-refractivity contribution is 5.79. The molecular formula is C8H9NO2. The van der Waals surface area contributed by atoms with Crippen LogP contribution in [0, 0.1) is 0 Å². The number of hydrogen-bond acceptors (Lipinski definition) is 3. The number of hydroxylamine groups is 1. The van der Waals surface area contributed by atoms with E-state index in [1.54, 1.807) is 31.3 Å². The summed E-state index contributed by atoms with van der Waals surface area (Å²) in [5.41, 5.74) is 3.04. The van der Waals surface area contributed by atoms with Crippen LogP contribution in [0.1, 0.15) is 10.4 Å². The van der Waals surface area contributed by atoms with Crippen LogP contribution < -0.4 is 10.3 Å². The second kappa shape index (κ2) is 3.73. The second-order valence-electron chi connectivity index (χ2n) is 1.96. The van der Waals surface area contributed by atoms with Gasteiger partial charge in [0.15, 0.2) is 12.0 Å². The normalized spacial score (nSPS) is 9.18. The fraction of sp³-hybridized carbons (Fsp3) is 0.125. The van der Waals surface area contributed by atoms with E-state index in [2.05, 4.69) is 5.48 Å². The molecule has 0 saturated carbocycles. The van der Waals surface area contributed by atoms with E-state index in [0.29, 0.717) is 11.3 Å². The third kappa shape index (κ3) is 1.78. The molecule has 0 unspecified atom stereocenters. The van der Waals surface area contributed by atoms with Crippen LogP contribution in [0.3, 0.4) is 0 Å². The van der Waals surface area contributed by atoms with Gasteiger partial charge in [-0.3, -0.25) is 4.79 Å². The van der Waals surface area contributed by atoms with Gasteiger partial charge in [-0.15, -0.1) is 0 Å². The van der Waals surface area contributed by atoms with Crippen LogP contribution >= 0.6 is 0 Å². The van der Waals surface area contributed by atoms with Gasteiger partial charge >= 0.3 is 0 Å². The van der Waals surface area contributed by atoms with Crippen LogP contribution in [0.5, 0.6) is 5.75 Å². The van der Waals surface area contributed by atoms with Crippen molar-refractivity contribution < 1.29 is 9.63 Å². The van der Waals surface area contributed by atoms with Crippen molar-refractivity contribution in [2.75, 3.05) is 7.05 Å². The maximum Gasteiger partial charge on any atom is 0.157 e. The molecule has 0 atom stereocenters. The summed E-state index contributed by atoms with van der Waals surface area (Å²) in [6.45, 7) is 0. The number of benzene rings is 1. The van der Waals surface area contributed by atoms with Gasteiger partial charge in [0.25, 0.3) is 0 Å². The highest BCUT2D eigenvalue weighted by Crippen LogP contribution is 2.13. The standard InChI is InChI=1S/C8H9NO2/c1-9-11-8-5-3-2-4-7(8)6-10/h2-6,9H,1H3. The summed E-state index contributed by atoms with van der Waals surface area (Å²) < 4.78 is 0. The Bertz CT molecular complexity index is 248. The molecule has 0 amide bonds. The Balaban J connectivity index is 2.92. The van der Waals surface area contributed by atoms with Crippen LogP contribution in [0.2, 0.25) is 0 Å². The van der Waals surface area contributed by atoms with Gasteiger partial charge in [0, 0.05) is 7.05 Å². The van der Waals surface area contributed by atoms with Gasteiger partial charge in [-0.05, 0) is 12.1 Å². The van der Waals surface area contributed by atoms with Crippen LogP contribution in [0.4, 0.5) is 0 Å². The molecule has 58 valence electrons. The molecule has 1 N–H and O–H groups in total. The van der Waals surface area contributed by atoms with Gasteiger partial charge in [-0.1, -0.05) is 12.1 Å². The number of rotatable bonds is 3. The zero-order valence-corrected chi connectivity index (χ0v) is 6.20. The van der Waals surface area contributed by atoms with E-state index in [-0.39, 0.29) is 0 Å². The highest BCUT2D eigenvalue weighted by Gasteiger charge is 1.98. The summed E-state index contributed by atoms with van der Waals surface area (Å²) >= 11 is 0. The van der Waals surface area contributed by atoms with Gasteiger partial charge in [0.1, 0.15) is 0 Å². The Morgan fingerprint density at radius 2 is 2.18 bits per heavy atom. The van der Waals surface area contributed by atoms with E-state index in [0.717, 1.165) is 6.29 Å². The number of hydrogen-bond donors (Lipinski definition) is 1. The van der Waals surface area contributed by atoms with Crippen molar-refractivity contribution >= 4 is 6.29 Å². The lowest BCUT2D eigenvalue weighted by molar-refractivity contribution is 0.111. The molecule has 0 saturated heterocycles. The Morgan fingerprint density at radius 3 is 2.82 bits per heavy atom. The van der Waals surface area contributed by atoms with Crippen molar-refractivity contribution in [2.24, 2.45) is 0 Å². The van der Waals surface area contributed by atoms with E-state index < -0.39 is 0 Å². The Labute approximate surface area is 64.9 Å². The minimum Gasteiger partial charge on any atom is -0.408 e. The molecule has 3 heteroatoms. The van der Waals surface area contributed by atoms with Gasteiger partial charge in [0.05, 0.1) is 5.56 Å². The number of nitrogens with one attached hydrogen (secondary N) is 1. The van der Waals surface area contributed by atoms with Crippen LogP contribution in [0.15, 0.2) is 24.3 Å². The molecule has 0 bridgehead atoms. The predicted molar refractivity (Wildman–Crippen MR) is 41.5 cm³/mol. The summed E-state index contributed by atoms with van der Waals surface area (Å²) in [6.07, 6.45) is 0.757. The summed E-state index contributed by atoms with van der Waals surface area (Å²) in [5, 5.41) is 0. The van der Waals surface area contributed by atoms with Crippen molar-refractivity contribution in [1.82, 2.24) is 5.48 Å². The molecule has 1 aromatic rings. The Hall–Kier alpha value is -1.35. The van der Waals surface area contributed by atoms with Crippen molar-refractivity contribution in [3.8, 4) is 5.75 Å². The van der Waals surface area contributed by atoms with E-state index in [9.17, 15) is 4.79 Å². The lowest BCUT2D eigenvalue weighted by atomic mass is 10.2. The third-order valence-electron chi connectivity index (χ3n) is 1.26. The number of para-hydroxylation sites is 1. The van der Waals surface area contributed by atoms with Gasteiger partial charge in [-0.2, -0.15) is 5.48 Å². The van der Waals surface area contributed by atoms with Crippen molar-refractivity contribution in [1.29, 1.82) is 0 Å². The molecule has 0 spiro atoms. The lowest BCUT2D eigenvalue weighted by Crippen LogP contribution is -2.12. The fourth-order valence-corrected chi connectivity index (χ4v) is 0.781. The van der Waals surface area contributed by atoms with Crippen molar-refractivity contribution in [2.45, 2.75) is 0 Å². The van der Waals surface area contributed by atoms with Gasteiger partial charge in [0.2, 0.25) is 0 Å². The van der Waals surface area contributed by atoms with Gasteiger partial charge in [-0.25, -0.2) is 0 Å². The summed E-state index contributed by atoms with van der Waals surface area (Å²) in [7, 11) is 1.64. The molecular weight excluding hydrogens is 142 g/mol. The van der Waals surface area contributed by atoms with E-state index >= 15 is 0 Å². The average Bonchev–Trinajstić information content (AvgIpc) is 2.06. The molecule has 1 rings (SSSR count). The molecule has 0 aliphatic heterocycles. The molecule has 11 heavy (non-hydrogen) atoms. The van der Waals surface area contributed by atoms with Crippen molar-refractivity contribution in [3.05, 3.63) is 29.8 Å². The SMILES string of the molecule is CNOc1ccccc1C=O. The number of carbonyl (C=O) groups is 1. The second-order valence-corrected chi connectivity index (χ2v) is 1.96. The first-order valence-electron chi connectivity index (χ1n) is 3.26. The lowest BCUT2D eigenvalue weighted by Gasteiger charge is -2.03. The first kappa shape index (κ1) is 7.75. The summed E-state index contributed by atoms with van der Waals surface area (Å²) in [4.78, 5) is 15.3. The molecule has 0 aliphatic rings. The quantitative estimate of drug-likeness (QED) is 0.517. The van der Waals surface area contributed by atoms with Crippen LogP contribution in [0.25, 0.3) is 0 Å². The fourth-order valence-electron chi connectivity index (χ4n) is 0.781. The molecule has 0 heterocycles. The van der Waals surface area contributed by atoms with Crippen LogP contribution in [-0.2, 0) is 0 Å². The maximum absolute atomic E-state index is 10.4. The van der Waals surface area contributed by atoms with Crippen LogP contribution in [-0.4, -0.2) is 13.3 Å². The monoisotopic (exact) mass is 151 g/mol. The number of aldehydes is 1. The molecule has 0 aliphatic carbocycles. The predicted octanol–water partition coefficient (Wildman–Crippen LogP) is 1.01. The van der Waals surface area contributed by atoms with Crippen molar-refractivity contribution in [3.63, 3.8) is 0 Å². The largest absolute Gasteiger partial charge is 0.408 e. The molecule has 0 fully saturated rings. The highest BCUT2D eigenvalue weighted by atomic mass is 16.6. The molecule has 0 radical (unpaired) electrons. The first-order chi connectivity index (χ1) is 5.38. The maximum atomic E-state index is 10.4. The molecule has 1 aromatic carbocycles.